The average molecular weight is 594 g/mol. The van der Waals surface area contributed by atoms with Crippen molar-refractivity contribution in [2.75, 3.05) is 38.3 Å². The summed E-state index contributed by atoms with van der Waals surface area (Å²) in [4.78, 5) is 23.1. The zero-order valence-corrected chi connectivity index (χ0v) is 23.0. The van der Waals surface area contributed by atoms with Gasteiger partial charge in [-0.2, -0.15) is 0 Å². The van der Waals surface area contributed by atoms with Crippen molar-refractivity contribution < 1.29 is 59.4 Å². The van der Waals surface area contributed by atoms with Crippen molar-refractivity contribution in [3.05, 3.63) is 20.4 Å². The molecule has 2 aliphatic heterocycles. The molecule has 0 aromatic heterocycles. The second-order valence-corrected chi connectivity index (χ2v) is 10.2. The van der Waals surface area contributed by atoms with Gasteiger partial charge >= 0.3 is 0 Å². The SMILES string of the molecule is CCOc1c(NCCCCCCCCO[C@@H]2O[C@H](CO)[C@H](O)[C@H](O[C@@H]3O[C@H](CO)[C@H](O)[C@H](O)[C@H]3O)[C@H]2O)c(=O)c1=O. The molecule has 41 heavy (non-hydrogen) atoms. The van der Waals surface area contributed by atoms with E-state index in [2.05, 4.69) is 5.32 Å². The third-order valence-corrected chi connectivity index (χ3v) is 7.27. The summed E-state index contributed by atoms with van der Waals surface area (Å²) in [5.74, 6) is 0.108. The molecule has 3 rings (SSSR count). The summed E-state index contributed by atoms with van der Waals surface area (Å²) < 4.78 is 27.2. The summed E-state index contributed by atoms with van der Waals surface area (Å²) in [7, 11) is 0. The molecule has 0 bridgehead atoms. The highest BCUT2D eigenvalue weighted by molar-refractivity contribution is 5.61. The van der Waals surface area contributed by atoms with Crippen molar-refractivity contribution in [1.82, 2.24) is 0 Å². The van der Waals surface area contributed by atoms with E-state index >= 15 is 0 Å². The molecule has 2 aliphatic rings. The minimum absolute atomic E-state index is 0.108. The van der Waals surface area contributed by atoms with Crippen LogP contribution in [0.15, 0.2) is 9.59 Å². The number of hydrogen-bond acceptors (Lipinski definition) is 15. The van der Waals surface area contributed by atoms with E-state index in [0.717, 1.165) is 32.1 Å². The molecule has 0 spiro atoms. The molecule has 0 unspecified atom stereocenters. The van der Waals surface area contributed by atoms with Crippen LogP contribution in [0.25, 0.3) is 0 Å². The van der Waals surface area contributed by atoms with Gasteiger partial charge in [0.05, 0.1) is 19.8 Å². The maximum atomic E-state index is 11.6. The highest BCUT2D eigenvalue weighted by Crippen LogP contribution is 2.29. The molecule has 2 fully saturated rings. The molecule has 10 atom stereocenters. The van der Waals surface area contributed by atoms with Gasteiger partial charge in [0.15, 0.2) is 18.3 Å². The van der Waals surface area contributed by atoms with Crippen LogP contribution < -0.4 is 20.9 Å². The van der Waals surface area contributed by atoms with Crippen LogP contribution in [0, 0.1) is 0 Å². The Bertz CT molecular complexity index is 984. The number of ether oxygens (including phenoxy) is 5. The molecular weight excluding hydrogens is 550 g/mol. The van der Waals surface area contributed by atoms with Crippen molar-refractivity contribution in [3.63, 3.8) is 0 Å². The fraction of sp³-hybridized carbons (Fsp3) is 0.846. The molecule has 8 N–H and O–H groups in total. The van der Waals surface area contributed by atoms with Crippen molar-refractivity contribution >= 4 is 5.69 Å². The van der Waals surface area contributed by atoms with E-state index < -0.39 is 85.5 Å². The summed E-state index contributed by atoms with van der Waals surface area (Å²) in [6, 6.07) is 0. The van der Waals surface area contributed by atoms with Gasteiger partial charge < -0.3 is 64.7 Å². The summed E-state index contributed by atoms with van der Waals surface area (Å²) in [5, 5.41) is 73.4. The molecule has 0 amide bonds. The number of rotatable bonds is 17. The lowest BCUT2D eigenvalue weighted by atomic mass is 9.97. The highest BCUT2D eigenvalue weighted by Gasteiger charge is 2.50. The Morgan fingerprint density at radius 1 is 0.732 bits per heavy atom. The van der Waals surface area contributed by atoms with Crippen molar-refractivity contribution in [2.24, 2.45) is 0 Å². The van der Waals surface area contributed by atoms with E-state index in [0.29, 0.717) is 19.6 Å². The van der Waals surface area contributed by atoms with Gasteiger partial charge in [-0.15, -0.1) is 0 Å². The normalized spacial score (nSPS) is 34.1. The number of aliphatic hydroxyl groups is 7. The fourth-order valence-corrected chi connectivity index (χ4v) is 4.85. The van der Waals surface area contributed by atoms with Gasteiger partial charge in [0.1, 0.15) is 54.5 Å². The van der Waals surface area contributed by atoms with Crippen LogP contribution in [0.3, 0.4) is 0 Å². The zero-order valence-electron chi connectivity index (χ0n) is 23.0. The van der Waals surface area contributed by atoms with Gasteiger partial charge in [0, 0.05) is 13.2 Å². The molecule has 2 saturated heterocycles. The summed E-state index contributed by atoms with van der Waals surface area (Å²) in [5.41, 5.74) is -0.896. The van der Waals surface area contributed by atoms with Crippen molar-refractivity contribution in [2.45, 2.75) is 107 Å². The van der Waals surface area contributed by atoms with Crippen molar-refractivity contribution in [3.8, 4) is 5.75 Å². The van der Waals surface area contributed by atoms with E-state index in [4.69, 9.17) is 23.7 Å². The molecule has 236 valence electrons. The third kappa shape index (κ3) is 8.20. The van der Waals surface area contributed by atoms with E-state index in [-0.39, 0.29) is 18.0 Å². The Balaban J connectivity index is 1.36. The lowest BCUT2D eigenvalue weighted by molar-refractivity contribution is -0.360. The minimum Gasteiger partial charge on any atom is -0.488 e. The first kappa shape index (κ1) is 33.7. The zero-order chi connectivity index (χ0) is 30.1. The third-order valence-electron chi connectivity index (χ3n) is 7.27. The number of hydrogen-bond donors (Lipinski definition) is 8. The summed E-state index contributed by atoms with van der Waals surface area (Å²) >= 11 is 0. The van der Waals surface area contributed by atoms with Crippen LogP contribution in [-0.2, 0) is 18.9 Å². The Kier molecular flexibility index (Phi) is 13.3. The predicted octanol–water partition coefficient (Wildman–Crippen LogP) is -2.93. The van der Waals surface area contributed by atoms with Gasteiger partial charge in [-0.3, -0.25) is 9.59 Å². The Hall–Kier alpha value is -1.76. The maximum absolute atomic E-state index is 11.6. The highest BCUT2D eigenvalue weighted by atomic mass is 16.7. The van der Waals surface area contributed by atoms with Gasteiger partial charge in [-0.05, 0) is 19.8 Å². The lowest BCUT2D eigenvalue weighted by Crippen LogP contribution is -2.64. The summed E-state index contributed by atoms with van der Waals surface area (Å²) in [6.07, 6.45) is -9.88. The van der Waals surface area contributed by atoms with E-state index in [1.165, 1.54) is 0 Å². The molecule has 1 aromatic carbocycles. The molecule has 0 saturated carbocycles. The lowest BCUT2D eigenvalue weighted by Gasteiger charge is -2.45. The molecule has 1 aromatic rings. The molecule has 0 radical (unpaired) electrons. The van der Waals surface area contributed by atoms with Gasteiger partial charge in [0.2, 0.25) is 0 Å². The predicted molar refractivity (Wildman–Crippen MR) is 141 cm³/mol. The van der Waals surface area contributed by atoms with Crippen molar-refractivity contribution in [1.29, 1.82) is 0 Å². The van der Waals surface area contributed by atoms with E-state index in [1.54, 1.807) is 6.92 Å². The van der Waals surface area contributed by atoms with Crippen LogP contribution in [0.4, 0.5) is 5.69 Å². The topological polar surface area (TPSA) is 234 Å². The van der Waals surface area contributed by atoms with Crippen LogP contribution in [0.1, 0.15) is 45.4 Å². The number of aliphatic hydroxyl groups excluding tert-OH is 7. The van der Waals surface area contributed by atoms with Crippen LogP contribution >= 0.6 is 0 Å². The maximum Gasteiger partial charge on any atom is 0.272 e. The minimum atomic E-state index is -1.74. The smallest absolute Gasteiger partial charge is 0.272 e. The molecule has 15 heteroatoms. The number of anilines is 1. The first-order valence-corrected chi connectivity index (χ1v) is 14.1. The molecule has 0 aliphatic carbocycles. The van der Waals surface area contributed by atoms with E-state index in [1.807, 2.05) is 0 Å². The summed E-state index contributed by atoms with van der Waals surface area (Å²) in [6.45, 7) is 1.51. The largest absolute Gasteiger partial charge is 0.488 e. The Morgan fingerprint density at radius 3 is 2.00 bits per heavy atom. The van der Waals surface area contributed by atoms with Gasteiger partial charge in [-0.1, -0.05) is 25.7 Å². The number of unbranched alkanes of at least 4 members (excludes halogenated alkanes) is 5. The van der Waals surface area contributed by atoms with Gasteiger partial charge in [-0.25, -0.2) is 0 Å². The molecular formula is C26H43NO14. The monoisotopic (exact) mass is 593 g/mol. The Labute approximate surface area is 236 Å². The second kappa shape index (κ2) is 16.2. The standard InChI is InChI=1S/C26H43NO14/c1-2-37-23-15(18(32)20(23)34)27-9-7-5-3-4-6-8-10-38-25-22(36)24(17(31)14(12-29)39-25)41-26-21(35)19(33)16(30)13(11-28)40-26/h13-14,16-17,19,21-22,24-31,33,35-36H,2-12H2,1H3/t13-,14-,16+,17+,19+,21-,22-,24+,25-,26+/m1/s1. The van der Waals surface area contributed by atoms with E-state index in [9.17, 15) is 45.3 Å². The fourth-order valence-electron chi connectivity index (χ4n) is 4.85. The van der Waals surface area contributed by atoms with Crippen LogP contribution in [0.5, 0.6) is 5.75 Å². The molecule has 15 nitrogen and oxygen atoms in total. The average Bonchev–Trinajstić information content (AvgIpc) is 2.97. The first-order valence-electron chi connectivity index (χ1n) is 14.1. The first-order chi connectivity index (χ1) is 19.7. The quantitative estimate of drug-likeness (QED) is 0.0667. The Morgan fingerprint density at radius 2 is 1.34 bits per heavy atom. The van der Waals surface area contributed by atoms with Crippen LogP contribution in [0.2, 0.25) is 0 Å². The second-order valence-electron chi connectivity index (χ2n) is 10.2. The molecule has 2 heterocycles. The van der Waals surface area contributed by atoms with Crippen LogP contribution in [-0.4, -0.2) is 130 Å². The van der Waals surface area contributed by atoms with Gasteiger partial charge in [0.25, 0.3) is 10.9 Å². The number of nitrogens with one attached hydrogen (secondary N) is 1.